The number of aromatic amines is 1. The van der Waals surface area contributed by atoms with Crippen LogP contribution in [0.15, 0.2) is 12.3 Å². The Morgan fingerprint density at radius 3 is 2.74 bits per heavy atom. The van der Waals surface area contributed by atoms with Crippen LogP contribution in [0.1, 0.15) is 35.8 Å². The van der Waals surface area contributed by atoms with Gasteiger partial charge in [-0.1, -0.05) is 13.3 Å². The minimum Gasteiger partial charge on any atom is -0.481 e. The lowest BCUT2D eigenvalue weighted by Gasteiger charge is -2.16. The van der Waals surface area contributed by atoms with Gasteiger partial charge in [-0.25, -0.2) is 0 Å². The number of likely N-dealkylation sites (tertiary alicyclic amines) is 1. The Kier molecular flexibility index (Phi) is 3.93. The molecule has 2 atom stereocenters. The van der Waals surface area contributed by atoms with E-state index >= 15 is 0 Å². The Morgan fingerprint density at radius 1 is 1.47 bits per heavy atom. The standard InChI is InChI=1S/C14H20N2O3/c1-3-4-10-7-16(8-12(10)14(18)19)13(17)11-5-6-15-9(11)2/h5-6,10,12,15H,3-4,7-8H2,1-2H3,(H,18,19)/t10-,12-/m1/s1. The SMILES string of the molecule is CCC[C@@H]1CN(C(=O)c2cc[nH]c2C)C[C@H]1C(=O)O. The first-order valence-corrected chi connectivity index (χ1v) is 6.70. The molecule has 1 fully saturated rings. The molecule has 104 valence electrons. The van der Waals surface area contributed by atoms with Gasteiger partial charge in [-0.3, -0.25) is 9.59 Å². The van der Waals surface area contributed by atoms with Gasteiger partial charge in [-0.2, -0.15) is 0 Å². The lowest BCUT2D eigenvalue weighted by Crippen LogP contribution is -2.30. The van der Waals surface area contributed by atoms with Crippen molar-refractivity contribution in [2.24, 2.45) is 11.8 Å². The van der Waals surface area contributed by atoms with E-state index in [-0.39, 0.29) is 11.8 Å². The lowest BCUT2D eigenvalue weighted by atomic mass is 9.92. The molecule has 2 heterocycles. The van der Waals surface area contributed by atoms with Crippen LogP contribution in [-0.4, -0.2) is 40.0 Å². The van der Waals surface area contributed by atoms with Crippen molar-refractivity contribution in [3.05, 3.63) is 23.5 Å². The van der Waals surface area contributed by atoms with Gasteiger partial charge in [0.15, 0.2) is 0 Å². The monoisotopic (exact) mass is 264 g/mol. The van der Waals surface area contributed by atoms with Gasteiger partial charge in [-0.05, 0) is 25.3 Å². The second-order valence-electron chi connectivity index (χ2n) is 5.22. The van der Waals surface area contributed by atoms with Crippen LogP contribution in [-0.2, 0) is 4.79 Å². The smallest absolute Gasteiger partial charge is 0.308 e. The van der Waals surface area contributed by atoms with Crippen molar-refractivity contribution in [2.75, 3.05) is 13.1 Å². The van der Waals surface area contributed by atoms with E-state index in [1.54, 1.807) is 17.2 Å². The summed E-state index contributed by atoms with van der Waals surface area (Å²) in [7, 11) is 0. The molecule has 0 radical (unpaired) electrons. The molecule has 19 heavy (non-hydrogen) atoms. The van der Waals surface area contributed by atoms with Gasteiger partial charge in [0.2, 0.25) is 0 Å². The zero-order valence-electron chi connectivity index (χ0n) is 11.3. The molecule has 1 aromatic heterocycles. The van der Waals surface area contributed by atoms with Crippen molar-refractivity contribution in [2.45, 2.75) is 26.7 Å². The number of hydrogen-bond acceptors (Lipinski definition) is 2. The van der Waals surface area contributed by atoms with Gasteiger partial charge in [0, 0.05) is 25.0 Å². The third-order valence-corrected chi connectivity index (χ3v) is 3.89. The average molecular weight is 264 g/mol. The van der Waals surface area contributed by atoms with Crippen molar-refractivity contribution in [3.63, 3.8) is 0 Å². The Bertz CT molecular complexity index is 481. The second-order valence-corrected chi connectivity index (χ2v) is 5.22. The Hall–Kier alpha value is -1.78. The summed E-state index contributed by atoms with van der Waals surface area (Å²) in [6, 6.07) is 1.75. The van der Waals surface area contributed by atoms with Gasteiger partial charge >= 0.3 is 5.97 Å². The summed E-state index contributed by atoms with van der Waals surface area (Å²) >= 11 is 0. The van der Waals surface area contributed by atoms with E-state index in [2.05, 4.69) is 4.98 Å². The zero-order valence-corrected chi connectivity index (χ0v) is 11.3. The number of aryl methyl sites for hydroxylation is 1. The van der Waals surface area contributed by atoms with E-state index < -0.39 is 11.9 Å². The van der Waals surface area contributed by atoms with E-state index in [1.807, 2.05) is 13.8 Å². The van der Waals surface area contributed by atoms with Crippen LogP contribution in [0, 0.1) is 18.8 Å². The molecule has 5 heteroatoms. The maximum Gasteiger partial charge on any atom is 0.308 e. The summed E-state index contributed by atoms with van der Waals surface area (Å²) in [4.78, 5) is 28.3. The van der Waals surface area contributed by atoms with Gasteiger partial charge in [0.1, 0.15) is 0 Å². The molecule has 1 aliphatic heterocycles. The maximum absolute atomic E-state index is 12.4. The first-order chi connectivity index (χ1) is 9.04. The highest BCUT2D eigenvalue weighted by Crippen LogP contribution is 2.29. The molecule has 0 unspecified atom stereocenters. The molecule has 0 spiro atoms. The molecular weight excluding hydrogens is 244 g/mol. The topological polar surface area (TPSA) is 73.4 Å². The molecule has 2 rings (SSSR count). The molecule has 1 amide bonds. The maximum atomic E-state index is 12.4. The van der Waals surface area contributed by atoms with Crippen molar-refractivity contribution in [3.8, 4) is 0 Å². The number of carboxylic acids is 1. The van der Waals surface area contributed by atoms with E-state index in [9.17, 15) is 14.7 Å². The number of hydrogen-bond donors (Lipinski definition) is 2. The third-order valence-electron chi connectivity index (χ3n) is 3.89. The summed E-state index contributed by atoms with van der Waals surface area (Å²) in [6.45, 7) is 4.76. The van der Waals surface area contributed by atoms with Crippen LogP contribution in [0.25, 0.3) is 0 Å². The Morgan fingerprint density at radius 2 is 2.21 bits per heavy atom. The predicted octanol–water partition coefficient (Wildman–Crippen LogP) is 1.90. The number of carbonyl (C=O) groups excluding carboxylic acids is 1. The summed E-state index contributed by atoms with van der Waals surface area (Å²) in [6.07, 6.45) is 3.53. The number of aromatic nitrogens is 1. The van der Waals surface area contributed by atoms with Crippen molar-refractivity contribution >= 4 is 11.9 Å². The number of amides is 1. The van der Waals surface area contributed by atoms with Gasteiger partial charge in [0.05, 0.1) is 11.5 Å². The molecule has 5 nitrogen and oxygen atoms in total. The highest BCUT2D eigenvalue weighted by molar-refractivity contribution is 5.96. The normalized spacial score (nSPS) is 22.7. The number of carbonyl (C=O) groups is 2. The minimum atomic E-state index is -0.792. The largest absolute Gasteiger partial charge is 0.481 e. The second kappa shape index (κ2) is 5.47. The number of nitrogens with one attached hydrogen (secondary N) is 1. The van der Waals surface area contributed by atoms with Gasteiger partial charge in [0.25, 0.3) is 5.91 Å². The molecule has 0 aliphatic carbocycles. The van der Waals surface area contributed by atoms with Crippen molar-refractivity contribution < 1.29 is 14.7 Å². The summed E-state index contributed by atoms with van der Waals surface area (Å²) in [5.41, 5.74) is 1.47. The lowest BCUT2D eigenvalue weighted by molar-refractivity contribution is -0.142. The van der Waals surface area contributed by atoms with Crippen molar-refractivity contribution in [1.82, 2.24) is 9.88 Å². The first kappa shape index (κ1) is 13.6. The molecule has 0 bridgehead atoms. The molecular formula is C14H20N2O3. The zero-order chi connectivity index (χ0) is 14.0. The van der Waals surface area contributed by atoms with E-state index in [0.717, 1.165) is 18.5 Å². The number of aliphatic carboxylic acids is 1. The summed E-state index contributed by atoms with van der Waals surface area (Å²) in [5, 5.41) is 9.25. The van der Waals surface area contributed by atoms with E-state index in [4.69, 9.17) is 0 Å². The summed E-state index contributed by atoms with van der Waals surface area (Å²) in [5.74, 6) is -1.21. The predicted molar refractivity (Wildman–Crippen MR) is 71.0 cm³/mol. The molecule has 0 aromatic carbocycles. The molecule has 0 saturated carbocycles. The fourth-order valence-electron chi connectivity index (χ4n) is 2.83. The number of H-pyrrole nitrogens is 1. The Balaban J connectivity index is 2.13. The van der Waals surface area contributed by atoms with Crippen LogP contribution in [0.2, 0.25) is 0 Å². The molecule has 1 aliphatic rings. The van der Waals surface area contributed by atoms with Crippen LogP contribution in [0.4, 0.5) is 0 Å². The minimum absolute atomic E-state index is 0.0661. The fraction of sp³-hybridized carbons (Fsp3) is 0.571. The highest BCUT2D eigenvalue weighted by atomic mass is 16.4. The molecule has 2 N–H and O–H groups in total. The van der Waals surface area contributed by atoms with Crippen molar-refractivity contribution in [1.29, 1.82) is 0 Å². The Labute approximate surface area is 112 Å². The number of carboxylic acid groups (broad SMARTS) is 1. The fourth-order valence-corrected chi connectivity index (χ4v) is 2.83. The summed E-state index contributed by atoms with van der Waals surface area (Å²) < 4.78 is 0. The van der Waals surface area contributed by atoms with Gasteiger partial charge in [-0.15, -0.1) is 0 Å². The van der Waals surface area contributed by atoms with Crippen LogP contribution in [0.3, 0.4) is 0 Å². The third kappa shape index (κ3) is 2.64. The number of rotatable bonds is 4. The van der Waals surface area contributed by atoms with E-state index in [0.29, 0.717) is 18.7 Å². The van der Waals surface area contributed by atoms with Crippen LogP contribution in [0.5, 0.6) is 0 Å². The van der Waals surface area contributed by atoms with Crippen LogP contribution >= 0.6 is 0 Å². The van der Waals surface area contributed by atoms with E-state index in [1.165, 1.54) is 0 Å². The van der Waals surface area contributed by atoms with Crippen LogP contribution < -0.4 is 0 Å². The number of nitrogens with zero attached hydrogens (tertiary/aromatic N) is 1. The highest BCUT2D eigenvalue weighted by Gasteiger charge is 2.39. The average Bonchev–Trinajstić information content (AvgIpc) is 2.95. The van der Waals surface area contributed by atoms with Gasteiger partial charge < -0.3 is 15.0 Å². The molecule has 1 aromatic rings. The molecule has 1 saturated heterocycles. The quantitative estimate of drug-likeness (QED) is 0.872. The first-order valence-electron chi connectivity index (χ1n) is 6.70.